The minimum absolute atomic E-state index is 0.00304. The monoisotopic (exact) mass is 315 g/mol. The van der Waals surface area contributed by atoms with E-state index >= 15 is 0 Å². The average molecular weight is 315 g/mol. The van der Waals surface area contributed by atoms with Crippen LogP contribution in [0.4, 0.5) is 5.69 Å². The van der Waals surface area contributed by atoms with Gasteiger partial charge in [0.25, 0.3) is 5.91 Å². The minimum Gasteiger partial charge on any atom is -0.374 e. The van der Waals surface area contributed by atoms with Crippen molar-refractivity contribution < 1.29 is 4.79 Å². The lowest BCUT2D eigenvalue weighted by Gasteiger charge is -2.21. The third-order valence-electron chi connectivity index (χ3n) is 4.28. The quantitative estimate of drug-likeness (QED) is 0.774. The van der Waals surface area contributed by atoms with E-state index in [2.05, 4.69) is 27.8 Å². The zero-order valence-electron chi connectivity index (χ0n) is 13.1. The van der Waals surface area contributed by atoms with Crippen LogP contribution in [0.3, 0.4) is 0 Å². The van der Waals surface area contributed by atoms with Gasteiger partial charge in [-0.25, -0.2) is 0 Å². The molecule has 0 saturated carbocycles. The molecule has 0 bridgehead atoms. The van der Waals surface area contributed by atoms with Gasteiger partial charge in [0.05, 0.1) is 6.04 Å². The van der Waals surface area contributed by atoms with Gasteiger partial charge in [-0.05, 0) is 41.0 Å². The largest absolute Gasteiger partial charge is 0.374 e. The number of nitrogens with one attached hydrogen (secondary N) is 2. The Bertz CT molecular complexity index is 823. The molecule has 4 nitrogen and oxygen atoms in total. The van der Waals surface area contributed by atoms with Crippen molar-refractivity contribution in [3.63, 3.8) is 0 Å². The third-order valence-corrected chi connectivity index (χ3v) is 4.28. The van der Waals surface area contributed by atoms with Gasteiger partial charge in [-0.1, -0.05) is 36.4 Å². The molecule has 1 unspecified atom stereocenters. The molecule has 1 aromatic heterocycles. The molecular weight excluding hydrogens is 298 g/mol. The molecule has 4 heteroatoms. The van der Waals surface area contributed by atoms with Crippen molar-refractivity contribution in [3.05, 3.63) is 95.3 Å². The fraction of sp³-hybridized carbons (Fsp3) is 0.100. The van der Waals surface area contributed by atoms with Crippen molar-refractivity contribution in [3.8, 4) is 0 Å². The summed E-state index contributed by atoms with van der Waals surface area (Å²) in [5.41, 5.74) is 5.01. The maximum Gasteiger partial charge on any atom is 0.251 e. The number of amides is 1. The van der Waals surface area contributed by atoms with E-state index < -0.39 is 0 Å². The van der Waals surface area contributed by atoms with Crippen LogP contribution in [0, 0.1) is 0 Å². The molecule has 24 heavy (non-hydrogen) atoms. The number of benzene rings is 2. The fourth-order valence-corrected chi connectivity index (χ4v) is 3.03. The molecular formula is C20H17N3O. The molecule has 4 rings (SSSR count). The molecule has 2 aromatic carbocycles. The van der Waals surface area contributed by atoms with Gasteiger partial charge in [0, 0.05) is 30.2 Å². The van der Waals surface area contributed by atoms with E-state index in [1.54, 1.807) is 12.4 Å². The molecule has 1 aliphatic rings. The third kappa shape index (κ3) is 2.74. The van der Waals surface area contributed by atoms with Gasteiger partial charge >= 0.3 is 0 Å². The normalized spacial score (nSPS) is 13.9. The van der Waals surface area contributed by atoms with Gasteiger partial charge in [0.1, 0.15) is 0 Å². The smallest absolute Gasteiger partial charge is 0.251 e. The topological polar surface area (TPSA) is 54.0 Å². The molecule has 0 aliphatic carbocycles. The molecule has 0 radical (unpaired) electrons. The zero-order valence-corrected chi connectivity index (χ0v) is 13.1. The van der Waals surface area contributed by atoms with Crippen LogP contribution in [0.15, 0.2) is 73.1 Å². The lowest BCUT2D eigenvalue weighted by Crippen LogP contribution is -2.14. The van der Waals surface area contributed by atoms with Gasteiger partial charge in [0.15, 0.2) is 0 Å². The molecule has 0 spiro atoms. The predicted octanol–water partition coefficient (Wildman–Crippen LogP) is 3.53. The Morgan fingerprint density at radius 2 is 1.71 bits per heavy atom. The molecule has 1 aliphatic heterocycles. The minimum atomic E-state index is -0.00572. The van der Waals surface area contributed by atoms with E-state index in [1.807, 2.05) is 48.5 Å². The second-order valence-electron chi connectivity index (χ2n) is 5.82. The maximum atomic E-state index is 11.9. The standard InChI is InChI=1S/C20H17N3O/c24-20-18-12-17(7-6-16(18)13-22-20)23-19(14-4-2-1-3-5-14)15-8-10-21-11-9-15/h1-12,19,23H,13H2,(H,22,24). The number of hydrogen-bond acceptors (Lipinski definition) is 3. The number of rotatable bonds is 4. The van der Waals surface area contributed by atoms with Crippen molar-refractivity contribution in [2.24, 2.45) is 0 Å². The predicted molar refractivity (Wildman–Crippen MR) is 93.8 cm³/mol. The highest BCUT2D eigenvalue weighted by Gasteiger charge is 2.20. The number of hydrogen-bond donors (Lipinski definition) is 2. The second kappa shape index (κ2) is 6.16. The van der Waals surface area contributed by atoms with E-state index in [1.165, 1.54) is 0 Å². The number of aromatic nitrogens is 1. The molecule has 118 valence electrons. The summed E-state index contributed by atoms with van der Waals surface area (Å²) in [5, 5.41) is 6.41. The van der Waals surface area contributed by atoms with Crippen molar-refractivity contribution in [1.29, 1.82) is 0 Å². The number of nitrogens with zero attached hydrogens (tertiary/aromatic N) is 1. The Kier molecular flexibility index (Phi) is 3.71. The number of carbonyl (C=O) groups excluding carboxylic acids is 1. The van der Waals surface area contributed by atoms with Gasteiger partial charge in [-0.15, -0.1) is 0 Å². The van der Waals surface area contributed by atoms with Crippen molar-refractivity contribution >= 4 is 11.6 Å². The molecule has 1 amide bonds. The van der Waals surface area contributed by atoms with Crippen LogP contribution in [-0.4, -0.2) is 10.9 Å². The van der Waals surface area contributed by atoms with E-state index in [-0.39, 0.29) is 11.9 Å². The SMILES string of the molecule is O=C1NCc2ccc(NC(c3ccccc3)c3ccncc3)cc21. The van der Waals surface area contributed by atoms with Crippen molar-refractivity contribution in [1.82, 2.24) is 10.3 Å². The first-order valence-electron chi connectivity index (χ1n) is 7.94. The van der Waals surface area contributed by atoms with Crippen molar-refractivity contribution in [2.75, 3.05) is 5.32 Å². The first-order chi connectivity index (χ1) is 11.8. The van der Waals surface area contributed by atoms with E-state index in [4.69, 9.17) is 0 Å². The van der Waals surface area contributed by atoms with Gasteiger partial charge < -0.3 is 10.6 Å². The summed E-state index contributed by atoms with van der Waals surface area (Å²) in [6.45, 7) is 0.612. The van der Waals surface area contributed by atoms with Crippen LogP contribution in [0.1, 0.15) is 33.1 Å². The lowest BCUT2D eigenvalue weighted by atomic mass is 9.99. The highest BCUT2D eigenvalue weighted by Crippen LogP contribution is 2.28. The van der Waals surface area contributed by atoms with Crippen LogP contribution in [0.5, 0.6) is 0 Å². The number of pyridine rings is 1. The highest BCUT2D eigenvalue weighted by atomic mass is 16.1. The summed E-state index contributed by atoms with van der Waals surface area (Å²) in [6.07, 6.45) is 3.59. The van der Waals surface area contributed by atoms with Crippen LogP contribution < -0.4 is 10.6 Å². The molecule has 2 N–H and O–H groups in total. The van der Waals surface area contributed by atoms with E-state index in [9.17, 15) is 4.79 Å². The summed E-state index contributed by atoms with van der Waals surface area (Å²) in [6, 6.07) is 20.2. The van der Waals surface area contributed by atoms with Gasteiger partial charge in [-0.3, -0.25) is 9.78 Å². The molecule has 0 saturated heterocycles. The Morgan fingerprint density at radius 3 is 2.50 bits per heavy atom. The summed E-state index contributed by atoms with van der Waals surface area (Å²) >= 11 is 0. The van der Waals surface area contributed by atoms with Crippen LogP contribution in [0.25, 0.3) is 0 Å². The zero-order chi connectivity index (χ0) is 16.4. The van der Waals surface area contributed by atoms with E-state index in [0.29, 0.717) is 6.54 Å². The number of fused-ring (bicyclic) bond motifs is 1. The number of carbonyl (C=O) groups is 1. The van der Waals surface area contributed by atoms with Crippen LogP contribution >= 0.6 is 0 Å². The van der Waals surface area contributed by atoms with Gasteiger partial charge in [-0.2, -0.15) is 0 Å². The average Bonchev–Trinajstić information content (AvgIpc) is 3.02. The highest BCUT2D eigenvalue weighted by molar-refractivity contribution is 5.99. The second-order valence-corrected chi connectivity index (χ2v) is 5.82. The first-order valence-corrected chi connectivity index (χ1v) is 7.94. The summed E-state index contributed by atoms with van der Waals surface area (Å²) in [4.78, 5) is 16.0. The summed E-state index contributed by atoms with van der Waals surface area (Å²) in [5.74, 6) is -0.00572. The summed E-state index contributed by atoms with van der Waals surface area (Å²) in [7, 11) is 0. The van der Waals surface area contributed by atoms with Crippen LogP contribution in [0.2, 0.25) is 0 Å². The fourth-order valence-electron chi connectivity index (χ4n) is 3.03. The Balaban J connectivity index is 1.70. The first kappa shape index (κ1) is 14.5. The maximum absolute atomic E-state index is 11.9. The molecule has 0 fully saturated rings. The lowest BCUT2D eigenvalue weighted by molar-refractivity contribution is 0.0966. The molecule has 1 atom stereocenters. The molecule has 2 heterocycles. The Hall–Kier alpha value is -3.14. The number of anilines is 1. The Labute approximate surface area is 140 Å². The summed E-state index contributed by atoms with van der Waals surface area (Å²) < 4.78 is 0. The van der Waals surface area contributed by atoms with E-state index in [0.717, 1.165) is 27.9 Å². The van der Waals surface area contributed by atoms with Gasteiger partial charge in [0.2, 0.25) is 0 Å². The Morgan fingerprint density at radius 1 is 0.958 bits per heavy atom. The van der Waals surface area contributed by atoms with Crippen molar-refractivity contribution in [2.45, 2.75) is 12.6 Å². The van der Waals surface area contributed by atoms with Crippen LogP contribution in [-0.2, 0) is 6.54 Å². The molecule has 3 aromatic rings.